The molecule has 0 radical (unpaired) electrons. The number of esters is 1. The summed E-state index contributed by atoms with van der Waals surface area (Å²) in [5.74, 6) is -0.719. The zero-order valence-electron chi connectivity index (χ0n) is 13.9. The minimum atomic E-state index is -0.805. The first-order valence-corrected chi connectivity index (χ1v) is 8.37. The van der Waals surface area contributed by atoms with Crippen molar-refractivity contribution in [3.63, 3.8) is 0 Å². The van der Waals surface area contributed by atoms with Gasteiger partial charge in [-0.15, -0.1) is 0 Å². The van der Waals surface area contributed by atoms with E-state index in [0.717, 1.165) is 5.56 Å². The Bertz CT molecular complexity index is 783. The van der Waals surface area contributed by atoms with Gasteiger partial charge in [0.2, 0.25) is 0 Å². The van der Waals surface area contributed by atoms with Crippen LogP contribution in [0.5, 0.6) is 0 Å². The molecule has 0 saturated heterocycles. The Morgan fingerprint density at radius 2 is 2.24 bits per heavy atom. The fourth-order valence-corrected chi connectivity index (χ4v) is 3.09. The summed E-state index contributed by atoms with van der Waals surface area (Å²) in [7, 11) is 0. The summed E-state index contributed by atoms with van der Waals surface area (Å²) in [4.78, 5) is 24.2. The van der Waals surface area contributed by atoms with Crippen LogP contribution in [-0.4, -0.2) is 25.3 Å². The van der Waals surface area contributed by atoms with Gasteiger partial charge in [-0.3, -0.25) is 0 Å². The highest BCUT2D eigenvalue weighted by Gasteiger charge is 2.41. The second-order valence-electron chi connectivity index (χ2n) is 5.77. The molecule has 0 fully saturated rings. The van der Waals surface area contributed by atoms with Gasteiger partial charge in [0, 0.05) is 5.02 Å². The lowest BCUT2D eigenvalue weighted by molar-refractivity contribution is -0.136. The minimum absolute atomic E-state index is 0.163. The monoisotopic (exact) mass is 363 g/mol. The van der Waals surface area contributed by atoms with Gasteiger partial charge in [0.25, 0.3) is 0 Å². The van der Waals surface area contributed by atoms with E-state index in [4.69, 9.17) is 25.8 Å². The van der Waals surface area contributed by atoms with Crippen LogP contribution in [0.1, 0.15) is 31.7 Å². The zero-order valence-corrected chi connectivity index (χ0v) is 14.7. The number of nitrogens with one attached hydrogen (secondary N) is 1. The third-order valence-electron chi connectivity index (χ3n) is 3.95. The van der Waals surface area contributed by atoms with Crippen LogP contribution in [0.2, 0.25) is 5.02 Å². The van der Waals surface area contributed by atoms with Gasteiger partial charge in [-0.25, -0.2) is 9.59 Å². The SMILES string of the molecule is CCCOC(=O)OC1=C(C)NC2=C(C(=O)OC2)C1c1cccc(Cl)c1. The molecule has 2 aliphatic heterocycles. The molecule has 0 bridgehead atoms. The number of halogens is 1. The summed E-state index contributed by atoms with van der Waals surface area (Å²) in [6.07, 6.45) is -0.120. The van der Waals surface area contributed by atoms with Gasteiger partial charge in [-0.1, -0.05) is 30.7 Å². The molecule has 1 N–H and O–H groups in total. The number of ether oxygens (including phenoxy) is 3. The molecule has 3 rings (SSSR count). The van der Waals surface area contributed by atoms with E-state index >= 15 is 0 Å². The van der Waals surface area contributed by atoms with Crippen molar-refractivity contribution in [1.29, 1.82) is 0 Å². The second-order valence-corrected chi connectivity index (χ2v) is 6.21. The topological polar surface area (TPSA) is 73.9 Å². The quantitative estimate of drug-likeness (QED) is 0.823. The Morgan fingerprint density at radius 1 is 1.44 bits per heavy atom. The summed E-state index contributed by atoms with van der Waals surface area (Å²) in [5.41, 5.74) is 2.45. The smallest absolute Gasteiger partial charge is 0.456 e. The summed E-state index contributed by atoms with van der Waals surface area (Å²) >= 11 is 6.11. The van der Waals surface area contributed by atoms with Gasteiger partial charge in [0.15, 0.2) is 0 Å². The molecular formula is C18H18ClNO5. The molecule has 6 nitrogen and oxygen atoms in total. The van der Waals surface area contributed by atoms with Crippen LogP contribution in [0.25, 0.3) is 0 Å². The van der Waals surface area contributed by atoms with Crippen LogP contribution in [0, 0.1) is 0 Å². The number of dihydropyridines is 1. The fraction of sp³-hybridized carbons (Fsp3) is 0.333. The second kappa shape index (κ2) is 7.19. The van der Waals surface area contributed by atoms with E-state index in [1.807, 2.05) is 13.0 Å². The van der Waals surface area contributed by atoms with Crippen molar-refractivity contribution in [3.05, 3.63) is 57.6 Å². The lowest BCUT2D eigenvalue weighted by atomic mass is 9.85. The van der Waals surface area contributed by atoms with Crippen LogP contribution in [-0.2, 0) is 19.0 Å². The van der Waals surface area contributed by atoms with Crippen LogP contribution in [0.3, 0.4) is 0 Å². The van der Waals surface area contributed by atoms with Crippen molar-refractivity contribution in [2.45, 2.75) is 26.2 Å². The molecule has 1 atom stereocenters. The van der Waals surface area contributed by atoms with Crippen molar-refractivity contribution >= 4 is 23.7 Å². The molecule has 2 heterocycles. The minimum Gasteiger partial charge on any atom is -0.456 e. The summed E-state index contributed by atoms with van der Waals surface area (Å²) in [5, 5.41) is 3.61. The number of carbonyl (C=O) groups excluding carboxylic acids is 2. The van der Waals surface area contributed by atoms with E-state index in [2.05, 4.69) is 5.32 Å². The molecule has 0 aliphatic carbocycles. The van der Waals surface area contributed by atoms with Gasteiger partial charge in [-0.05, 0) is 31.0 Å². The number of hydrogen-bond donors (Lipinski definition) is 1. The first-order valence-electron chi connectivity index (χ1n) is 7.99. The average Bonchev–Trinajstić information content (AvgIpc) is 2.94. The Kier molecular flexibility index (Phi) is 4.99. The lowest BCUT2D eigenvalue weighted by Crippen LogP contribution is -2.28. The van der Waals surface area contributed by atoms with E-state index in [9.17, 15) is 9.59 Å². The highest BCUT2D eigenvalue weighted by molar-refractivity contribution is 6.30. The van der Waals surface area contributed by atoms with Gasteiger partial charge >= 0.3 is 12.1 Å². The summed E-state index contributed by atoms with van der Waals surface area (Å²) in [6, 6.07) is 7.08. The molecular weight excluding hydrogens is 346 g/mol. The normalized spacial score (nSPS) is 19.3. The third kappa shape index (κ3) is 3.49. The highest BCUT2D eigenvalue weighted by Crippen LogP contribution is 2.41. The van der Waals surface area contributed by atoms with Gasteiger partial charge < -0.3 is 19.5 Å². The molecule has 132 valence electrons. The summed E-state index contributed by atoms with van der Waals surface area (Å²) < 4.78 is 15.6. The van der Waals surface area contributed by atoms with Crippen LogP contribution < -0.4 is 5.32 Å². The molecule has 0 saturated carbocycles. The van der Waals surface area contributed by atoms with E-state index in [-0.39, 0.29) is 13.2 Å². The van der Waals surface area contributed by atoms with E-state index in [1.54, 1.807) is 25.1 Å². The van der Waals surface area contributed by atoms with E-state index in [1.165, 1.54) is 0 Å². The molecule has 25 heavy (non-hydrogen) atoms. The van der Waals surface area contributed by atoms with Crippen LogP contribution in [0.4, 0.5) is 4.79 Å². The van der Waals surface area contributed by atoms with Gasteiger partial charge in [0.1, 0.15) is 12.4 Å². The van der Waals surface area contributed by atoms with Crippen molar-refractivity contribution < 1.29 is 23.8 Å². The fourth-order valence-electron chi connectivity index (χ4n) is 2.89. The predicted octanol–water partition coefficient (Wildman–Crippen LogP) is 3.63. The first-order chi connectivity index (χ1) is 12.0. The third-order valence-corrected chi connectivity index (χ3v) is 4.19. The standard InChI is InChI=1S/C18H18ClNO5/c1-3-7-23-18(22)25-16-10(2)20-13-9-24-17(21)15(13)14(16)11-5-4-6-12(19)8-11/h4-6,8,14,20H,3,7,9H2,1-2H3. The molecule has 0 aromatic heterocycles. The predicted molar refractivity (Wildman–Crippen MR) is 90.7 cm³/mol. The molecule has 1 aromatic rings. The van der Waals surface area contributed by atoms with Crippen molar-refractivity contribution in [2.24, 2.45) is 0 Å². The Morgan fingerprint density at radius 3 is 2.96 bits per heavy atom. The van der Waals surface area contributed by atoms with E-state index in [0.29, 0.717) is 34.2 Å². The number of cyclic esters (lactones) is 1. The molecule has 2 aliphatic rings. The van der Waals surface area contributed by atoms with Gasteiger partial charge in [0.05, 0.1) is 29.5 Å². The van der Waals surface area contributed by atoms with Gasteiger partial charge in [-0.2, -0.15) is 0 Å². The average molecular weight is 364 g/mol. The largest absolute Gasteiger partial charge is 0.513 e. The van der Waals surface area contributed by atoms with Crippen LogP contribution in [0.15, 0.2) is 47.0 Å². The molecule has 0 amide bonds. The number of rotatable bonds is 4. The molecule has 1 aromatic carbocycles. The number of benzene rings is 1. The van der Waals surface area contributed by atoms with Crippen molar-refractivity contribution in [1.82, 2.24) is 5.32 Å². The van der Waals surface area contributed by atoms with Crippen molar-refractivity contribution in [3.8, 4) is 0 Å². The maximum Gasteiger partial charge on any atom is 0.513 e. The zero-order chi connectivity index (χ0) is 18.0. The van der Waals surface area contributed by atoms with Crippen molar-refractivity contribution in [2.75, 3.05) is 13.2 Å². The first kappa shape index (κ1) is 17.4. The van der Waals surface area contributed by atoms with Crippen LogP contribution >= 0.6 is 11.6 Å². The Labute approximate surface area is 150 Å². The lowest BCUT2D eigenvalue weighted by Gasteiger charge is -2.27. The number of allylic oxidation sites excluding steroid dienone is 2. The maximum absolute atomic E-state index is 12.2. The number of carbonyl (C=O) groups is 2. The molecule has 0 spiro atoms. The van der Waals surface area contributed by atoms with E-state index < -0.39 is 18.0 Å². The molecule has 1 unspecified atom stereocenters. The number of hydrogen-bond acceptors (Lipinski definition) is 6. The molecule has 7 heteroatoms. The Balaban J connectivity index is 2.00. The Hall–Kier alpha value is -2.47. The summed E-state index contributed by atoms with van der Waals surface area (Å²) in [6.45, 7) is 4.08. The highest BCUT2D eigenvalue weighted by atomic mass is 35.5. The maximum atomic E-state index is 12.2.